The van der Waals surface area contributed by atoms with Crippen LogP contribution in [-0.2, 0) is 6.54 Å². The Morgan fingerprint density at radius 2 is 1.96 bits per heavy atom. The van der Waals surface area contributed by atoms with Gasteiger partial charge in [-0.2, -0.15) is 0 Å². The molecule has 0 saturated heterocycles. The normalized spacial score (nSPS) is 12.6. The Bertz CT molecular complexity index is 889. The maximum atomic E-state index is 4.53. The fraction of sp³-hybridized carbons (Fsp3) is 0.286. The number of imidazole rings is 1. The van der Waals surface area contributed by atoms with Crippen molar-refractivity contribution in [2.45, 2.75) is 30.5 Å². The third kappa shape index (κ3) is 5.60. The molecule has 0 aliphatic rings. The number of benzene rings is 1. The average molecular weight is 395 g/mol. The minimum atomic E-state index is 0.431. The number of rotatable bonds is 7. The van der Waals surface area contributed by atoms with Gasteiger partial charge in [0.05, 0.1) is 0 Å². The van der Waals surface area contributed by atoms with E-state index in [0.717, 1.165) is 29.7 Å². The lowest BCUT2D eigenvalue weighted by Gasteiger charge is -2.16. The Balaban J connectivity index is 1.47. The highest BCUT2D eigenvalue weighted by molar-refractivity contribution is 8.00. The standard InChI is InChI=1S/C21H26N6S/c1-16(28-19-7-5-4-6-8-19)13-25-21(22-3)26-15-18-9-10-20(24-14-18)27-12-11-23-17(27)2/h4-12,14,16H,13,15H2,1-3H3,(H2,22,25,26). The number of aryl methyl sites for hydroxylation is 1. The summed E-state index contributed by atoms with van der Waals surface area (Å²) < 4.78 is 1.96. The van der Waals surface area contributed by atoms with E-state index in [1.807, 2.05) is 47.8 Å². The van der Waals surface area contributed by atoms with E-state index in [2.05, 4.69) is 62.8 Å². The van der Waals surface area contributed by atoms with Crippen molar-refractivity contribution >= 4 is 17.7 Å². The lowest BCUT2D eigenvalue weighted by Crippen LogP contribution is -2.39. The lowest BCUT2D eigenvalue weighted by atomic mass is 10.3. The molecule has 0 radical (unpaired) electrons. The Morgan fingerprint density at radius 1 is 1.14 bits per heavy atom. The molecule has 7 heteroatoms. The quantitative estimate of drug-likeness (QED) is 0.365. The van der Waals surface area contributed by atoms with Crippen LogP contribution in [0.3, 0.4) is 0 Å². The predicted molar refractivity (Wildman–Crippen MR) is 116 cm³/mol. The number of aromatic nitrogens is 3. The second-order valence-corrected chi connectivity index (χ2v) is 7.93. The zero-order valence-corrected chi connectivity index (χ0v) is 17.3. The molecule has 0 spiro atoms. The van der Waals surface area contributed by atoms with E-state index in [1.165, 1.54) is 4.90 Å². The van der Waals surface area contributed by atoms with Crippen molar-refractivity contribution in [3.8, 4) is 5.82 Å². The maximum Gasteiger partial charge on any atom is 0.191 e. The molecule has 1 aromatic carbocycles. The molecule has 0 amide bonds. The first-order chi connectivity index (χ1) is 13.7. The lowest BCUT2D eigenvalue weighted by molar-refractivity contribution is 0.787. The number of guanidine groups is 1. The largest absolute Gasteiger partial charge is 0.355 e. The van der Waals surface area contributed by atoms with Crippen LogP contribution in [0.25, 0.3) is 5.82 Å². The first-order valence-electron chi connectivity index (χ1n) is 9.27. The zero-order valence-electron chi connectivity index (χ0n) is 16.5. The SMILES string of the molecule is CN=C(NCc1ccc(-n2ccnc2C)nc1)NCC(C)Sc1ccccc1. The summed E-state index contributed by atoms with van der Waals surface area (Å²) in [5.74, 6) is 2.58. The molecule has 0 fully saturated rings. The van der Waals surface area contributed by atoms with Crippen LogP contribution in [0.15, 0.2) is 70.9 Å². The molecule has 1 unspecified atom stereocenters. The molecule has 28 heavy (non-hydrogen) atoms. The molecule has 0 bridgehead atoms. The van der Waals surface area contributed by atoms with Gasteiger partial charge in [0.15, 0.2) is 5.96 Å². The minimum Gasteiger partial charge on any atom is -0.355 e. The van der Waals surface area contributed by atoms with E-state index >= 15 is 0 Å². The molecule has 2 heterocycles. The van der Waals surface area contributed by atoms with Gasteiger partial charge in [0.1, 0.15) is 11.6 Å². The Kier molecular flexibility index (Phi) is 7.08. The third-order valence-electron chi connectivity index (χ3n) is 4.20. The average Bonchev–Trinajstić information content (AvgIpc) is 3.15. The van der Waals surface area contributed by atoms with Gasteiger partial charge in [-0.15, -0.1) is 11.8 Å². The molecule has 0 saturated carbocycles. The van der Waals surface area contributed by atoms with Gasteiger partial charge in [0, 0.05) is 48.9 Å². The van der Waals surface area contributed by atoms with Crippen LogP contribution in [0.4, 0.5) is 0 Å². The molecule has 3 aromatic rings. The van der Waals surface area contributed by atoms with Gasteiger partial charge in [-0.3, -0.25) is 9.56 Å². The van der Waals surface area contributed by atoms with E-state index in [0.29, 0.717) is 11.8 Å². The van der Waals surface area contributed by atoms with Crippen LogP contribution >= 0.6 is 11.8 Å². The summed E-state index contributed by atoms with van der Waals surface area (Å²) in [6.45, 7) is 5.66. The second kappa shape index (κ2) is 9.94. The molecule has 0 aliphatic heterocycles. The molecule has 2 aromatic heterocycles. The number of hydrogen-bond donors (Lipinski definition) is 2. The molecular formula is C21H26N6S. The van der Waals surface area contributed by atoms with E-state index in [-0.39, 0.29) is 0 Å². The number of aliphatic imine (C=N–C) groups is 1. The molecule has 0 aliphatic carbocycles. The van der Waals surface area contributed by atoms with Crippen LogP contribution in [0, 0.1) is 6.92 Å². The van der Waals surface area contributed by atoms with Crippen molar-refractivity contribution in [1.29, 1.82) is 0 Å². The van der Waals surface area contributed by atoms with E-state index in [1.54, 1.807) is 13.2 Å². The molecule has 3 rings (SSSR count). The summed E-state index contributed by atoms with van der Waals surface area (Å²) in [5, 5.41) is 7.16. The minimum absolute atomic E-state index is 0.431. The number of thioether (sulfide) groups is 1. The highest BCUT2D eigenvalue weighted by atomic mass is 32.2. The van der Waals surface area contributed by atoms with Gasteiger partial charge >= 0.3 is 0 Å². The first-order valence-corrected chi connectivity index (χ1v) is 10.1. The van der Waals surface area contributed by atoms with E-state index < -0.39 is 0 Å². The molecule has 2 N–H and O–H groups in total. The molecule has 6 nitrogen and oxygen atoms in total. The third-order valence-corrected chi connectivity index (χ3v) is 5.32. The smallest absolute Gasteiger partial charge is 0.191 e. The zero-order chi connectivity index (χ0) is 19.8. The summed E-state index contributed by atoms with van der Waals surface area (Å²) in [4.78, 5) is 14.3. The van der Waals surface area contributed by atoms with Crippen LogP contribution in [0.1, 0.15) is 18.3 Å². The number of hydrogen-bond acceptors (Lipinski definition) is 4. The van der Waals surface area contributed by atoms with Crippen molar-refractivity contribution in [1.82, 2.24) is 25.2 Å². The van der Waals surface area contributed by atoms with Crippen LogP contribution < -0.4 is 10.6 Å². The van der Waals surface area contributed by atoms with E-state index in [4.69, 9.17) is 0 Å². The van der Waals surface area contributed by atoms with Gasteiger partial charge in [-0.05, 0) is 30.7 Å². The molecular weight excluding hydrogens is 368 g/mol. The van der Waals surface area contributed by atoms with Crippen molar-refractivity contribution < 1.29 is 0 Å². The van der Waals surface area contributed by atoms with Gasteiger partial charge < -0.3 is 10.6 Å². The Morgan fingerprint density at radius 3 is 2.61 bits per heavy atom. The Hall–Kier alpha value is -2.80. The van der Waals surface area contributed by atoms with Gasteiger partial charge in [-0.1, -0.05) is 31.2 Å². The van der Waals surface area contributed by atoms with Gasteiger partial charge in [0.25, 0.3) is 0 Å². The topological polar surface area (TPSA) is 67.1 Å². The number of nitrogens with zero attached hydrogens (tertiary/aromatic N) is 4. The van der Waals surface area contributed by atoms with Gasteiger partial charge in [0.2, 0.25) is 0 Å². The number of nitrogens with one attached hydrogen (secondary N) is 2. The van der Waals surface area contributed by atoms with Crippen molar-refractivity contribution in [2.24, 2.45) is 4.99 Å². The van der Waals surface area contributed by atoms with Crippen LogP contribution in [-0.4, -0.2) is 39.3 Å². The fourth-order valence-corrected chi connectivity index (χ4v) is 3.65. The summed E-state index contributed by atoms with van der Waals surface area (Å²) in [5.41, 5.74) is 1.09. The van der Waals surface area contributed by atoms with Crippen molar-refractivity contribution in [2.75, 3.05) is 13.6 Å². The predicted octanol–water partition coefficient (Wildman–Crippen LogP) is 3.42. The summed E-state index contributed by atoms with van der Waals surface area (Å²) in [6.07, 6.45) is 5.57. The Labute approximate surface area is 170 Å². The first kappa shape index (κ1) is 19.9. The van der Waals surface area contributed by atoms with Crippen LogP contribution in [0.2, 0.25) is 0 Å². The molecule has 1 atom stereocenters. The summed E-state index contributed by atoms with van der Waals surface area (Å²) >= 11 is 1.85. The van der Waals surface area contributed by atoms with Crippen molar-refractivity contribution in [3.05, 3.63) is 72.4 Å². The van der Waals surface area contributed by atoms with Crippen LogP contribution in [0.5, 0.6) is 0 Å². The summed E-state index contributed by atoms with van der Waals surface area (Å²) in [7, 11) is 1.79. The highest BCUT2D eigenvalue weighted by Gasteiger charge is 2.06. The van der Waals surface area contributed by atoms with E-state index in [9.17, 15) is 0 Å². The maximum absolute atomic E-state index is 4.53. The molecule has 146 valence electrons. The number of pyridine rings is 1. The van der Waals surface area contributed by atoms with Crippen molar-refractivity contribution in [3.63, 3.8) is 0 Å². The van der Waals surface area contributed by atoms with Gasteiger partial charge in [-0.25, -0.2) is 9.97 Å². The monoisotopic (exact) mass is 394 g/mol. The highest BCUT2D eigenvalue weighted by Crippen LogP contribution is 2.21. The summed E-state index contributed by atoms with van der Waals surface area (Å²) in [6, 6.07) is 14.5. The second-order valence-electron chi connectivity index (χ2n) is 6.42. The fourth-order valence-electron chi connectivity index (χ4n) is 2.70.